The number of rotatable bonds is 3. The van der Waals surface area contributed by atoms with Gasteiger partial charge in [0.25, 0.3) is 0 Å². The summed E-state index contributed by atoms with van der Waals surface area (Å²) < 4.78 is 0. The molecule has 1 atom stereocenters. The molecule has 1 aromatic rings. The van der Waals surface area contributed by atoms with Crippen LogP contribution in [0.2, 0.25) is 10.0 Å². The highest BCUT2D eigenvalue weighted by Crippen LogP contribution is 2.25. The molecule has 0 aromatic heterocycles. The third kappa shape index (κ3) is 3.81. The largest absolute Gasteiger partial charge is 0.363 e. The minimum atomic E-state index is 0.0521. The maximum atomic E-state index is 6.10. The summed E-state index contributed by atoms with van der Waals surface area (Å²) in [4.78, 5) is 0. The number of nitrogens with one attached hydrogen (secondary N) is 2. The first-order chi connectivity index (χ1) is 7.54. The van der Waals surface area contributed by atoms with E-state index in [0.717, 1.165) is 12.1 Å². The van der Waals surface area contributed by atoms with Crippen LogP contribution in [0.4, 0.5) is 0 Å². The van der Waals surface area contributed by atoms with Crippen molar-refractivity contribution in [3.63, 3.8) is 0 Å². The van der Waals surface area contributed by atoms with E-state index in [1.807, 2.05) is 26.0 Å². The van der Waals surface area contributed by atoms with Crippen LogP contribution in [0.3, 0.4) is 0 Å². The van der Waals surface area contributed by atoms with Gasteiger partial charge in [-0.15, -0.1) is 0 Å². The Kier molecular flexibility index (Phi) is 5.32. The summed E-state index contributed by atoms with van der Waals surface area (Å²) in [5, 5.41) is 8.08. The van der Waals surface area contributed by atoms with Gasteiger partial charge in [0.1, 0.15) is 0 Å². The Morgan fingerprint density at radius 2 is 2.12 bits per heavy atom. The van der Waals surface area contributed by atoms with E-state index in [4.69, 9.17) is 35.4 Å². The van der Waals surface area contributed by atoms with E-state index in [-0.39, 0.29) is 6.04 Å². The van der Waals surface area contributed by atoms with Crippen molar-refractivity contribution in [3.8, 4) is 0 Å². The van der Waals surface area contributed by atoms with Gasteiger partial charge in [-0.2, -0.15) is 0 Å². The average Bonchev–Trinajstić information content (AvgIpc) is 2.17. The molecule has 0 amide bonds. The lowest BCUT2D eigenvalue weighted by molar-refractivity contribution is 0.702. The zero-order chi connectivity index (χ0) is 12.1. The van der Waals surface area contributed by atoms with Gasteiger partial charge >= 0.3 is 0 Å². The van der Waals surface area contributed by atoms with E-state index in [1.165, 1.54) is 0 Å². The summed E-state index contributed by atoms with van der Waals surface area (Å²) >= 11 is 17.0. The Morgan fingerprint density at radius 1 is 1.44 bits per heavy atom. The van der Waals surface area contributed by atoms with Crippen LogP contribution in [0.5, 0.6) is 0 Å². The molecular formula is C11H14Cl2N2S. The molecule has 16 heavy (non-hydrogen) atoms. The monoisotopic (exact) mass is 276 g/mol. The van der Waals surface area contributed by atoms with E-state index < -0.39 is 0 Å². The summed E-state index contributed by atoms with van der Waals surface area (Å²) in [6.45, 7) is 4.79. The highest BCUT2D eigenvalue weighted by atomic mass is 35.5. The van der Waals surface area contributed by atoms with Gasteiger partial charge in [-0.1, -0.05) is 29.3 Å². The summed E-state index contributed by atoms with van der Waals surface area (Å²) in [5.41, 5.74) is 0.978. The van der Waals surface area contributed by atoms with Gasteiger partial charge in [0.2, 0.25) is 0 Å². The number of halogens is 2. The first-order valence-corrected chi connectivity index (χ1v) is 6.20. The van der Waals surface area contributed by atoms with Crippen molar-refractivity contribution < 1.29 is 0 Å². The van der Waals surface area contributed by atoms with Gasteiger partial charge in [0, 0.05) is 16.6 Å². The second kappa shape index (κ2) is 6.28. The fourth-order valence-corrected chi connectivity index (χ4v) is 2.23. The van der Waals surface area contributed by atoms with E-state index in [2.05, 4.69) is 10.6 Å². The second-order valence-corrected chi connectivity index (χ2v) is 4.64. The van der Waals surface area contributed by atoms with Crippen molar-refractivity contribution in [2.24, 2.45) is 0 Å². The van der Waals surface area contributed by atoms with Crippen LogP contribution in [0, 0.1) is 0 Å². The maximum absolute atomic E-state index is 6.10. The Balaban J connectivity index is 2.72. The molecular weight excluding hydrogens is 263 g/mol. The van der Waals surface area contributed by atoms with Crippen molar-refractivity contribution in [1.82, 2.24) is 10.6 Å². The molecule has 0 bridgehead atoms. The number of benzene rings is 1. The van der Waals surface area contributed by atoms with Crippen LogP contribution >= 0.6 is 35.4 Å². The van der Waals surface area contributed by atoms with Crippen molar-refractivity contribution >= 4 is 40.5 Å². The quantitative estimate of drug-likeness (QED) is 0.826. The molecule has 0 aliphatic heterocycles. The smallest absolute Gasteiger partial charge is 0.166 e. The van der Waals surface area contributed by atoms with Crippen LogP contribution < -0.4 is 10.6 Å². The van der Waals surface area contributed by atoms with Gasteiger partial charge in [0.15, 0.2) is 5.11 Å². The SMILES string of the molecule is CCNC(=S)N[C@@H](C)c1ccc(Cl)cc1Cl. The molecule has 2 N–H and O–H groups in total. The molecule has 0 fully saturated rings. The minimum Gasteiger partial charge on any atom is -0.363 e. The van der Waals surface area contributed by atoms with Crippen LogP contribution in [0.1, 0.15) is 25.5 Å². The van der Waals surface area contributed by atoms with Crippen molar-refractivity contribution in [3.05, 3.63) is 33.8 Å². The number of hydrogen-bond donors (Lipinski definition) is 2. The molecule has 1 rings (SSSR count). The summed E-state index contributed by atoms with van der Waals surface area (Å²) in [7, 11) is 0. The third-order valence-electron chi connectivity index (χ3n) is 2.11. The lowest BCUT2D eigenvalue weighted by Crippen LogP contribution is -2.36. The maximum Gasteiger partial charge on any atom is 0.166 e. The molecule has 0 unspecified atom stereocenters. The first-order valence-electron chi connectivity index (χ1n) is 5.04. The first kappa shape index (κ1) is 13.6. The Morgan fingerprint density at radius 3 is 2.69 bits per heavy atom. The molecule has 0 saturated heterocycles. The van der Waals surface area contributed by atoms with Gasteiger partial charge in [0.05, 0.1) is 6.04 Å². The van der Waals surface area contributed by atoms with E-state index >= 15 is 0 Å². The second-order valence-electron chi connectivity index (χ2n) is 3.39. The minimum absolute atomic E-state index is 0.0521. The predicted octanol–water partition coefficient (Wildman–Crippen LogP) is 3.54. The van der Waals surface area contributed by atoms with Gasteiger partial charge in [-0.05, 0) is 43.8 Å². The van der Waals surface area contributed by atoms with Gasteiger partial charge in [-0.25, -0.2) is 0 Å². The van der Waals surface area contributed by atoms with Crippen LogP contribution in [-0.4, -0.2) is 11.7 Å². The lowest BCUT2D eigenvalue weighted by Gasteiger charge is -2.18. The molecule has 0 spiro atoms. The summed E-state index contributed by atoms with van der Waals surface area (Å²) in [5.74, 6) is 0. The van der Waals surface area contributed by atoms with Crippen LogP contribution in [0.25, 0.3) is 0 Å². The molecule has 5 heteroatoms. The highest BCUT2D eigenvalue weighted by molar-refractivity contribution is 7.80. The highest BCUT2D eigenvalue weighted by Gasteiger charge is 2.10. The van der Waals surface area contributed by atoms with Crippen molar-refractivity contribution in [1.29, 1.82) is 0 Å². The fourth-order valence-electron chi connectivity index (χ4n) is 1.34. The predicted molar refractivity (Wildman–Crippen MR) is 74.3 cm³/mol. The third-order valence-corrected chi connectivity index (χ3v) is 2.94. The van der Waals surface area contributed by atoms with E-state index in [1.54, 1.807) is 6.07 Å². The molecule has 2 nitrogen and oxygen atoms in total. The molecule has 88 valence electrons. The summed E-state index contributed by atoms with van der Waals surface area (Å²) in [6.07, 6.45) is 0. The number of hydrogen-bond acceptors (Lipinski definition) is 1. The topological polar surface area (TPSA) is 24.1 Å². The Bertz CT molecular complexity index is 382. The van der Waals surface area contributed by atoms with Crippen LogP contribution in [0.15, 0.2) is 18.2 Å². The van der Waals surface area contributed by atoms with Crippen molar-refractivity contribution in [2.45, 2.75) is 19.9 Å². The van der Waals surface area contributed by atoms with E-state index in [0.29, 0.717) is 15.2 Å². The molecule has 1 aromatic carbocycles. The standard InChI is InChI=1S/C11H14Cl2N2S/c1-3-14-11(16)15-7(2)9-5-4-8(12)6-10(9)13/h4-7H,3H2,1-2H3,(H2,14,15,16)/t7-/m0/s1. The number of thiocarbonyl (C=S) groups is 1. The zero-order valence-corrected chi connectivity index (χ0v) is 11.5. The zero-order valence-electron chi connectivity index (χ0n) is 9.18. The van der Waals surface area contributed by atoms with Crippen LogP contribution in [-0.2, 0) is 0 Å². The molecule has 0 heterocycles. The fraction of sp³-hybridized carbons (Fsp3) is 0.364. The Labute approximate surface area is 111 Å². The molecule has 0 saturated carbocycles. The summed E-state index contributed by atoms with van der Waals surface area (Å²) in [6, 6.07) is 5.50. The van der Waals surface area contributed by atoms with E-state index in [9.17, 15) is 0 Å². The molecule has 0 radical (unpaired) electrons. The normalized spacial score (nSPS) is 12.0. The van der Waals surface area contributed by atoms with Gasteiger partial charge in [-0.3, -0.25) is 0 Å². The lowest BCUT2D eigenvalue weighted by atomic mass is 10.1. The van der Waals surface area contributed by atoms with Crippen molar-refractivity contribution in [2.75, 3.05) is 6.54 Å². The average molecular weight is 277 g/mol. The molecule has 0 aliphatic carbocycles. The van der Waals surface area contributed by atoms with Gasteiger partial charge < -0.3 is 10.6 Å². The molecule has 0 aliphatic rings. The Hall–Kier alpha value is -0.510.